The van der Waals surface area contributed by atoms with Gasteiger partial charge in [0.05, 0.1) is 23.5 Å². The van der Waals surface area contributed by atoms with Crippen LogP contribution in [0.5, 0.6) is 17.4 Å². The maximum atomic E-state index is 5.59. The van der Waals surface area contributed by atoms with E-state index in [0.717, 1.165) is 10.2 Å². The molecular formula is C12H11BrN2O2. The third-order valence-electron chi connectivity index (χ3n) is 2.11. The molecule has 0 unspecified atom stereocenters. The van der Waals surface area contributed by atoms with Crippen LogP contribution in [-0.2, 0) is 0 Å². The van der Waals surface area contributed by atoms with Crippen LogP contribution in [0.2, 0.25) is 0 Å². The predicted molar refractivity (Wildman–Crippen MR) is 69.4 cm³/mol. The summed E-state index contributed by atoms with van der Waals surface area (Å²) in [7, 11) is 1.61. The third-order valence-corrected chi connectivity index (χ3v) is 2.73. The van der Waals surface area contributed by atoms with E-state index in [1.807, 2.05) is 12.1 Å². The number of pyridine rings is 1. The van der Waals surface area contributed by atoms with Crippen molar-refractivity contribution < 1.29 is 9.47 Å². The van der Waals surface area contributed by atoms with Crippen LogP contribution >= 0.6 is 15.9 Å². The Morgan fingerprint density at radius 2 is 2.06 bits per heavy atom. The van der Waals surface area contributed by atoms with Crippen LogP contribution in [0.4, 0.5) is 5.69 Å². The molecule has 17 heavy (non-hydrogen) atoms. The zero-order valence-corrected chi connectivity index (χ0v) is 10.8. The van der Waals surface area contributed by atoms with Gasteiger partial charge in [0, 0.05) is 6.07 Å². The first-order chi connectivity index (χ1) is 8.19. The highest BCUT2D eigenvalue weighted by Crippen LogP contribution is 2.31. The number of halogens is 1. The van der Waals surface area contributed by atoms with Crippen LogP contribution in [-0.4, -0.2) is 12.1 Å². The first-order valence-electron chi connectivity index (χ1n) is 4.92. The van der Waals surface area contributed by atoms with Gasteiger partial charge in [-0.25, -0.2) is 4.98 Å². The van der Waals surface area contributed by atoms with Crippen molar-refractivity contribution in [3.63, 3.8) is 0 Å². The van der Waals surface area contributed by atoms with Gasteiger partial charge in [-0.15, -0.1) is 0 Å². The Hall–Kier alpha value is -1.75. The summed E-state index contributed by atoms with van der Waals surface area (Å²) >= 11 is 3.40. The van der Waals surface area contributed by atoms with E-state index in [1.54, 1.807) is 31.5 Å². The van der Waals surface area contributed by atoms with Gasteiger partial charge in [0.25, 0.3) is 0 Å². The Labute approximate surface area is 108 Å². The van der Waals surface area contributed by atoms with Crippen LogP contribution in [0.25, 0.3) is 0 Å². The highest BCUT2D eigenvalue weighted by atomic mass is 79.9. The molecule has 0 atom stereocenters. The highest BCUT2D eigenvalue weighted by molar-refractivity contribution is 9.10. The first-order valence-corrected chi connectivity index (χ1v) is 5.71. The number of rotatable bonds is 3. The molecule has 0 aliphatic heterocycles. The molecule has 0 saturated heterocycles. The molecule has 2 aromatic rings. The Morgan fingerprint density at radius 1 is 1.24 bits per heavy atom. The molecule has 4 nitrogen and oxygen atoms in total. The van der Waals surface area contributed by atoms with Gasteiger partial charge in [-0.2, -0.15) is 0 Å². The standard InChI is InChI=1S/C12H11BrN2O2/c1-16-9-3-4-11(10(13)6-9)17-12-5-2-8(14)7-15-12/h2-7H,14H2,1H3. The molecule has 0 bridgehead atoms. The van der Waals surface area contributed by atoms with Gasteiger partial charge in [-0.05, 0) is 40.2 Å². The van der Waals surface area contributed by atoms with E-state index in [2.05, 4.69) is 20.9 Å². The van der Waals surface area contributed by atoms with Crippen molar-refractivity contribution in [3.05, 3.63) is 41.0 Å². The summed E-state index contributed by atoms with van der Waals surface area (Å²) in [6.07, 6.45) is 1.55. The van der Waals surface area contributed by atoms with E-state index in [4.69, 9.17) is 15.2 Å². The number of nitrogen functional groups attached to an aromatic ring is 1. The number of anilines is 1. The van der Waals surface area contributed by atoms with Crippen molar-refractivity contribution in [3.8, 4) is 17.4 Å². The summed E-state index contributed by atoms with van der Waals surface area (Å²) in [5.74, 6) is 1.92. The molecule has 0 fully saturated rings. The summed E-state index contributed by atoms with van der Waals surface area (Å²) < 4.78 is 11.5. The Balaban J connectivity index is 2.21. The zero-order valence-electron chi connectivity index (χ0n) is 9.18. The van der Waals surface area contributed by atoms with Crippen molar-refractivity contribution in [2.75, 3.05) is 12.8 Å². The Morgan fingerprint density at radius 3 is 2.65 bits per heavy atom. The van der Waals surface area contributed by atoms with Crippen molar-refractivity contribution in [2.24, 2.45) is 0 Å². The number of aromatic nitrogens is 1. The van der Waals surface area contributed by atoms with E-state index >= 15 is 0 Å². The van der Waals surface area contributed by atoms with Gasteiger partial charge >= 0.3 is 0 Å². The highest BCUT2D eigenvalue weighted by Gasteiger charge is 2.05. The average Bonchev–Trinajstić information content (AvgIpc) is 2.34. The van der Waals surface area contributed by atoms with E-state index in [9.17, 15) is 0 Å². The normalized spacial score (nSPS) is 10.0. The molecule has 88 valence electrons. The number of hydrogen-bond acceptors (Lipinski definition) is 4. The summed E-state index contributed by atoms with van der Waals surface area (Å²) in [4.78, 5) is 4.06. The number of benzene rings is 1. The quantitative estimate of drug-likeness (QED) is 0.944. The molecule has 1 aromatic carbocycles. The van der Waals surface area contributed by atoms with Crippen LogP contribution < -0.4 is 15.2 Å². The molecule has 1 aromatic heterocycles. The lowest BCUT2D eigenvalue weighted by Gasteiger charge is -2.08. The third kappa shape index (κ3) is 2.88. The topological polar surface area (TPSA) is 57.4 Å². The molecule has 0 aliphatic rings. The van der Waals surface area contributed by atoms with E-state index in [-0.39, 0.29) is 0 Å². The second-order valence-corrected chi connectivity index (χ2v) is 4.18. The van der Waals surface area contributed by atoms with Crippen LogP contribution in [0.1, 0.15) is 0 Å². The molecule has 0 amide bonds. The van der Waals surface area contributed by atoms with Crippen LogP contribution in [0.3, 0.4) is 0 Å². The van der Waals surface area contributed by atoms with Gasteiger partial charge in [-0.3, -0.25) is 0 Å². The zero-order chi connectivity index (χ0) is 12.3. The van der Waals surface area contributed by atoms with Gasteiger partial charge in [0.15, 0.2) is 0 Å². The fraction of sp³-hybridized carbons (Fsp3) is 0.0833. The number of nitrogens with two attached hydrogens (primary N) is 1. The fourth-order valence-corrected chi connectivity index (χ4v) is 1.69. The minimum Gasteiger partial charge on any atom is -0.497 e. The van der Waals surface area contributed by atoms with Crippen molar-refractivity contribution >= 4 is 21.6 Å². The molecule has 2 N–H and O–H groups in total. The number of methoxy groups -OCH3 is 1. The van der Waals surface area contributed by atoms with E-state index in [1.165, 1.54) is 0 Å². The molecule has 2 rings (SSSR count). The lowest BCUT2D eigenvalue weighted by Crippen LogP contribution is -1.91. The number of nitrogens with zero attached hydrogens (tertiary/aromatic N) is 1. The summed E-state index contributed by atoms with van der Waals surface area (Å²) in [6.45, 7) is 0. The molecular weight excluding hydrogens is 284 g/mol. The average molecular weight is 295 g/mol. The summed E-state index contributed by atoms with van der Waals surface area (Å²) in [6, 6.07) is 8.90. The van der Waals surface area contributed by atoms with E-state index in [0.29, 0.717) is 17.3 Å². The molecule has 0 aliphatic carbocycles. The maximum absolute atomic E-state index is 5.59. The lowest BCUT2D eigenvalue weighted by molar-refractivity contribution is 0.411. The molecule has 5 heteroatoms. The predicted octanol–water partition coefficient (Wildman–Crippen LogP) is 3.23. The van der Waals surface area contributed by atoms with Crippen LogP contribution in [0, 0.1) is 0 Å². The molecule has 0 saturated carbocycles. The second-order valence-electron chi connectivity index (χ2n) is 3.33. The summed E-state index contributed by atoms with van der Waals surface area (Å²) in [5, 5.41) is 0. The van der Waals surface area contributed by atoms with Crippen molar-refractivity contribution in [1.82, 2.24) is 4.98 Å². The SMILES string of the molecule is COc1ccc(Oc2ccc(N)cn2)c(Br)c1. The number of hydrogen-bond donors (Lipinski definition) is 1. The largest absolute Gasteiger partial charge is 0.497 e. The molecule has 0 radical (unpaired) electrons. The number of ether oxygens (including phenoxy) is 2. The Bertz CT molecular complexity index is 514. The fourth-order valence-electron chi connectivity index (χ4n) is 1.26. The lowest BCUT2D eigenvalue weighted by atomic mass is 10.3. The monoisotopic (exact) mass is 294 g/mol. The second kappa shape index (κ2) is 5.05. The van der Waals surface area contributed by atoms with Gasteiger partial charge < -0.3 is 15.2 Å². The molecule has 0 spiro atoms. The smallest absolute Gasteiger partial charge is 0.219 e. The molecule has 1 heterocycles. The summed E-state index contributed by atoms with van der Waals surface area (Å²) in [5.41, 5.74) is 6.15. The van der Waals surface area contributed by atoms with Gasteiger partial charge in [0.1, 0.15) is 11.5 Å². The Kier molecular flexibility index (Phi) is 3.49. The van der Waals surface area contributed by atoms with Crippen LogP contribution in [0.15, 0.2) is 41.0 Å². The first kappa shape index (κ1) is 11.7. The van der Waals surface area contributed by atoms with Gasteiger partial charge in [-0.1, -0.05) is 0 Å². The van der Waals surface area contributed by atoms with Crippen molar-refractivity contribution in [1.29, 1.82) is 0 Å². The maximum Gasteiger partial charge on any atom is 0.219 e. The van der Waals surface area contributed by atoms with Gasteiger partial charge in [0.2, 0.25) is 5.88 Å². The van der Waals surface area contributed by atoms with Crippen molar-refractivity contribution in [2.45, 2.75) is 0 Å². The minimum atomic E-state index is 0.491. The minimum absolute atomic E-state index is 0.491. The van der Waals surface area contributed by atoms with E-state index < -0.39 is 0 Å².